The Morgan fingerprint density at radius 1 is 0.741 bits per heavy atom. The number of aromatic nitrogens is 2. The fourth-order valence-corrected chi connectivity index (χ4v) is 8.51. The number of sulfonamides is 1. The summed E-state index contributed by atoms with van der Waals surface area (Å²) < 4.78 is 41.2. The number of amides is 2. The van der Waals surface area contributed by atoms with Crippen LogP contribution in [0.15, 0.2) is 120 Å². The van der Waals surface area contributed by atoms with Crippen LogP contribution < -0.4 is 10.6 Å². The van der Waals surface area contributed by atoms with Crippen LogP contribution in [0.3, 0.4) is 0 Å². The second-order valence-electron chi connectivity index (χ2n) is 14.1. The Hall–Kier alpha value is -6.38. The fourth-order valence-electron chi connectivity index (χ4n) is 6.78. The van der Waals surface area contributed by atoms with E-state index < -0.39 is 33.8 Å². The molecule has 0 spiro atoms. The molecule has 1 aliphatic heterocycles. The molecule has 2 heterocycles. The summed E-state index contributed by atoms with van der Waals surface area (Å²) in [5, 5.41) is 10.3. The molecule has 13 nitrogen and oxygen atoms in total. The molecule has 0 aliphatic carbocycles. The number of para-hydroxylation sites is 1. The molecule has 2 atom stereocenters. The van der Waals surface area contributed by atoms with Crippen LogP contribution in [-0.2, 0) is 29.1 Å². The molecule has 2 amide bonds. The lowest BCUT2D eigenvalue weighted by molar-refractivity contribution is -0.118. The maximum Gasteiger partial charge on any atom is 0.338 e. The van der Waals surface area contributed by atoms with Crippen molar-refractivity contribution in [1.29, 1.82) is 0 Å². The monoisotopic (exact) mass is 803 g/mol. The van der Waals surface area contributed by atoms with Crippen molar-refractivity contribution in [3.8, 4) is 16.9 Å². The minimum absolute atomic E-state index is 0.101. The number of benzene rings is 4. The second kappa shape index (κ2) is 18.3. The van der Waals surface area contributed by atoms with Gasteiger partial charge in [0, 0.05) is 41.8 Å². The molecular weight excluding hydrogens is 759 g/mol. The van der Waals surface area contributed by atoms with Gasteiger partial charge in [-0.05, 0) is 111 Å². The van der Waals surface area contributed by atoms with Crippen LogP contribution in [0.1, 0.15) is 60.4 Å². The van der Waals surface area contributed by atoms with E-state index >= 15 is 0 Å². The average molecular weight is 804 g/mol. The molecule has 0 radical (unpaired) electrons. The fraction of sp³-hybridized carbons (Fsp3) is 0.250. The minimum Gasteiger partial charge on any atom is -0.462 e. The average Bonchev–Trinajstić information content (AvgIpc) is 3.64. The number of rotatable bonds is 13. The lowest BCUT2D eigenvalue weighted by Gasteiger charge is -2.34. The number of ether oxygens (including phenoxy) is 2. The van der Waals surface area contributed by atoms with Gasteiger partial charge >= 0.3 is 11.9 Å². The zero-order chi connectivity index (χ0) is 41.4. The molecule has 4 aromatic carbocycles. The van der Waals surface area contributed by atoms with Gasteiger partial charge in [-0.2, -0.15) is 9.40 Å². The lowest BCUT2D eigenvalue weighted by Crippen LogP contribution is -2.42. The van der Waals surface area contributed by atoms with E-state index in [1.165, 1.54) is 58.9 Å². The highest BCUT2D eigenvalue weighted by Crippen LogP contribution is 2.31. The number of carbonyl (C=O) groups excluding carboxylic acids is 4. The Labute approximate surface area is 337 Å². The lowest BCUT2D eigenvalue weighted by atomic mass is 9.94. The van der Waals surface area contributed by atoms with E-state index in [4.69, 9.17) is 14.6 Å². The van der Waals surface area contributed by atoms with Gasteiger partial charge in [0.1, 0.15) is 11.3 Å². The van der Waals surface area contributed by atoms with E-state index in [-0.39, 0.29) is 46.6 Å². The quantitative estimate of drug-likeness (QED) is 0.0541. The zero-order valence-electron chi connectivity index (χ0n) is 32.7. The first kappa shape index (κ1) is 41.3. The normalized spacial score (nSPS) is 15.5. The summed E-state index contributed by atoms with van der Waals surface area (Å²) in [4.78, 5) is 52.8. The van der Waals surface area contributed by atoms with Crippen molar-refractivity contribution >= 4 is 51.2 Å². The Bertz CT molecular complexity index is 2340. The SMILES string of the molecule is CCOC(=O)c1ccc(NC(=O)C(=Cc2cn(-c3ccccc3)nc2-c2cccc(S(=O)(=O)N3CC(C)CC(C)C3)c2)C(=O)Nc2ccc(C(=O)OCC)cc2)cc1. The van der Waals surface area contributed by atoms with Crippen LogP contribution in [0.2, 0.25) is 0 Å². The molecule has 0 bridgehead atoms. The Balaban J connectivity index is 1.42. The number of carbonyl (C=O) groups is 4. The topological polar surface area (TPSA) is 166 Å². The summed E-state index contributed by atoms with van der Waals surface area (Å²) in [6, 6.07) is 27.8. The molecule has 0 saturated carbocycles. The van der Waals surface area contributed by atoms with Gasteiger partial charge in [0.05, 0.1) is 34.9 Å². The van der Waals surface area contributed by atoms with Gasteiger partial charge < -0.3 is 20.1 Å². The Kier molecular flexibility index (Phi) is 13.0. The van der Waals surface area contributed by atoms with Gasteiger partial charge in [-0.15, -0.1) is 0 Å². The number of piperidine rings is 1. The van der Waals surface area contributed by atoms with Crippen LogP contribution in [0.5, 0.6) is 0 Å². The summed E-state index contributed by atoms with van der Waals surface area (Å²) >= 11 is 0. The smallest absolute Gasteiger partial charge is 0.338 e. The molecule has 300 valence electrons. The molecule has 6 rings (SSSR count). The van der Waals surface area contributed by atoms with Gasteiger partial charge in [-0.3, -0.25) is 9.59 Å². The highest BCUT2D eigenvalue weighted by atomic mass is 32.2. The third-order valence-corrected chi connectivity index (χ3v) is 11.3. The van der Waals surface area contributed by atoms with E-state index in [0.29, 0.717) is 47.0 Å². The summed E-state index contributed by atoms with van der Waals surface area (Å²) in [7, 11) is -3.86. The van der Waals surface area contributed by atoms with Crippen LogP contribution in [0, 0.1) is 11.8 Å². The number of anilines is 2. The van der Waals surface area contributed by atoms with Gasteiger partial charge in [-0.25, -0.2) is 22.7 Å². The maximum atomic E-state index is 14.1. The van der Waals surface area contributed by atoms with Gasteiger partial charge in [0.25, 0.3) is 11.8 Å². The largest absolute Gasteiger partial charge is 0.462 e. The van der Waals surface area contributed by atoms with Gasteiger partial charge in [0.2, 0.25) is 10.0 Å². The molecule has 58 heavy (non-hydrogen) atoms. The van der Waals surface area contributed by atoms with Crippen LogP contribution in [0.25, 0.3) is 23.0 Å². The van der Waals surface area contributed by atoms with Gasteiger partial charge in [-0.1, -0.05) is 44.2 Å². The zero-order valence-corrected chi connectivity index (χ0v) is 33.5. The van der Waals surface area contributed by atoms with E-state index in [1.54, 1.807) is 49.0 Å². The number of hydrogen-bond donors (Lipinski definition) is 2. The molecule has 1 aliphatic rings. The Morgan fingerprint density at radius 3 is 1.79 bits per heavy atom. The first-order valence-electron chi connectivity index (χ1n) is 19.0. The predicted octanol–water partition coefficient (Wildman–Crippen LogP) is 7.22. The third kappa shape index (κ3) is 9.76. The van der Waals surface area contributed by atoms with Crippen LogP contribution >= 0.6 is 0 Å². The number of esters is 2. The number of nitrogens with one attached hydrogen (secondary N) is 2. The van der Waals surface area contributed by atoms with Crippen LogP contribution in [0.4, 0.5) is 11.4 Å². The standard InChI is InChI=1S/C44H45N5O8S/c1-5-56-43(52)31-15-19-35(20-16-31)45-41(50)39(42(51)46-36-21-17-32(18-22-36)44(53)57-6-2)25-34-28-49(37-12-8-7-9-13-37)47-40(34)33-11-10-14-38(24-33)58(54,55)48-26-29(3)23-30(4)27-48/h7-22,24-25,28-30H,5-6,23,26-27H2,1-4H3,(H,45,50)(H,46,51). The minimum atomic E-state index is -3.86. The molecular formula is C44H45N5O8S. The summed E-state index contributed by atoms with van der Waals surface area (Å²) in [6.07, 6.45) is 3.99. The summed E-state index contributed by atoms with van der Waals surface area (Å²) in [5.74, 6) is -2.19. The van der Waals surface area contributed by atoms with E-state index in [1.807, 2.05) is 44.2 Å². The first-order chi connectivity index (χ1) is 27.9. The highest BCUT2D eigenvalue weighted by Gasteiger charge is 2.32. The molecule has 2 N–H and O–H groups in total. The third-order valence-electron chi connectivity index (χ3n) is 9.44. The molecule has 1 fully saturated rings. The van der Waals surface area contributed by atoms with Crippen molar-refractivity contribution in [3.05, 3.63) is 132 Å². The van der Waals surface area contributed by atoms with E-state index in [0.717, 1.165) is 6.42 Å². The maximum absolute atomic E-state index is 14.1. The first-order valence-corrected chi connectivity index (χ1v) is 20.4. The van der Waals surface area contributed by atoms with E-state index in [9.17, 15) is 27.6 Å². The van der Waals surface area contributed by atoms with Crippen molar-refractivity contribution in [2.75, 3.05) is 36.9 Å². The number of hydrogen-bond acceptors (Lipinski definition) is 9. The van der Waals surface area contributed by atoms with Gasteiger partial charge in [0.15, 0.2) is 0 Å². The molecule has 1 saturated heterocycles. The predicted molar refractivity (Wildman–Crippen MR) is 221 cm³/mol. The molecule has 5 aromatic rings. The summed E-state index contributed by atoms with van der Waals surface area (Å²) in [5.41, 5.74) is 2.64. The van der Waals surface area contributed by atoms with Crippen molar-refractivity contribution in [2.24, 2.45) is 11.8 Å². The second-order valence-corrected chi connectivity index (χ2v) is 16.0. The highest BCUT2D eigenvalue weighted by molar-refractivity contribution is 7.89. The molecule has 14 heteroatoms. The van der Waals surface area contributed by atoms with Crippen molar-refractivity contribution in [3.63, 3.8) is 0 Å². The summed E-state index contributed by atoms with van der Waals surface area (Å²) in [6.45, 7) is 8.72. The van der Waals surface area contributed by atoms with Crippen LogP contribution in [-0.4, -0.2) is 72.6 Å². The van der Waals surface area contributed by atoms with Crippen molar-refractivity contribution in [2.45, 2.75) is 39.0 Å². The Morgan fingerprint density at radius 2 is 1.28 bits per heavy atom. The van der Waals surface area contributed by atoms with Crippen molar-refractivity contribution < 1.29 is 37.1 Å². The molecule has 2 unspecified atom stereocenters. The van der Waals surface area contributed by atoms with Crippen molar-refractivity contribution in [1.82, 2.24) is 14.1 Å². The van der Waals surface area contributed by atoms with E-state index in [2.05, 4.69) is 10.6 Å². The molecule has 1 aromatic heterocycles. The number of nitrogens with zero attached hydrogens (tertiary/aromatic N) is 3.